The van der Waals surface area contributed by atoms with Gasteiger partial charge in [0.25, 0.3) is 0 Å². The van der Waals surface area contributed by atoms with E-state index in [1.165, 1.54) is 25.7 Å². The SMILES string of the molecule is CC/C=C/C/C=C/CCCCC(=O)OC(COCCC(C(=O)[O-])[N+](C)(C)C)COC(=O)CCC/C=C/C/C=C/C/C=C/C/C=C/CCCCC. The lowest BCUT2D eigenvalue weighted by atomic mass is 10.1. The summed E-state index contributed by atoms with van der Waals surface area (Å²) in [5.41, 5.74) is 0. The van der Waals surface area contributed by atoms with Crippen LogP contribution in [0.5, 0.6) is 0 Å². The average Bonchev–Trinajstić information content (AvgIpc) is 3.06. The van der Waals surface area contributed by atoms with Gasteiger partial charge in [0.1, 0.15) is 12.6 Å². The lowest BCUT2D eigenvalue weighted by Crippen LogP contribution is -2.55. The van der Waals surface area contributed by atoms with E-state index >= 15 is 0 Å². The fraction of sp³-hybridized carbons (Fsp3) is 0.643. The normalized spacial score (nSPS) is 13.9. The highest BCUT2D eigenvalue weighted by Crippen LogP contribution is 2.10. The molecule has 0 radical (unpaired) electrons. The number of hydrogen-bond donors (Lipinski definition) is 0. The van der Waals surface area contributed by atoms with Gasteiger partial charge in [-0.15, -0.1) is 0 Å². The van der Waals surface area contributed by atoms with Crippen molar-refractivity contribution in [2.24, 2.45) is 0 Å². The van der Waals surface area contributed by atoms with Gasteiger partial charge >= 0.3 is 11.9 Å². The molecule has 0 aromatic heterocycles. The summed E-state index contributed by atoms with van der Waals surface area (Å²) in [6.07, 6.45) is 39.5. The number of aliphatic carboxylic acids is 1. The summed E-state index contributed by atoms with van der Waals surface area (Å²) in [5, 5.41) is 11.6. The van der Waals surface area contributed by atoms with Crippen LogP contribution in [0.2, 0.25) is 0 Å². The second kappa shape index (κ2) is 32.9. The van der Waals surface area contributed by atoms with Crippen molar-refractivity contribution in [3.8, 4) is 0 Å². The minimum atomic E-state index is -1.14. The Bertz CT molecular complexity index is 1050. The molecule has 0 spiro atoms. The van der Waals surface area contributed by atoms with Crippen molar-refractivity contribution in [1.82, 2.24) is 0 Å². The molecular weight excluding hydrogens is 630 g/mol. The number of allylic oxidation sites excluding steroid dienone is 12. The van der Waals surface area contributed by atoms with Crippen molar-refractivity contribution in [1.29, 1.82) is 0 Å². The first kappa shape index (κ1) is 46.8. The standard InChI is InChI=1S/C42H69NO7/c1-6-8-10-12-14-16-17-18-19-20-21-22-23-25-26-28-30-32-40(44)49-37-38(36-48-35-34-39(42(46)47)43(3,4)5)50-41(45)33-31-29-27-24-15-13-11-9-7-2/h9,11,14-16,18-19,21-22,24-26,38-39H,6-8,10,12-13,17,20,23,27-37H2,1-5H3/b11-9+,16-14+,19-18+,22-21+,24-15+,26-25+. The minimum absolute atomic E-state index is 0.00612. The highest BCUT2D eigenvalue weighted by molar-refractivity contribution is 5.70. The summed E-state index contributed by atoms with van der Waals surface area (Å²) >= 11 is 0. The Hall–Kier alpha value is -3.23. The highest BCUT2D eigenvalue weighted by Gasteiger charge is 2.25. The molecule has 8 nitrogen and oxygen atoms in total. The third-order valence-corrected chi connectivity index (χ3v) is 7.83. The van der Waals surface area contributed by atoms with Gasteiger partial charge in [-0.25, -0.2) is 0 Å². The maximum Gasteiger partial charge on any atom is 0.306 e. The van der Waals surface area contributed by atoms with Crippen molar-refractivity contribution in [2.45, 2.75) is 135 Å². The minimum Gasteiger partial charge on any atom is -0.544 e. The Kier molecular flexibility index (Phi) is 30.8. The Balaban J connectivity index is 4.52. The lowest BCUT2D eigenvalue weighted by molar-refractivity contribution is -0.889. The molecule has 0 aromatic carbocycles. The molecule has 0 bridgehead atoms. The summed E-state index contributed by atoms with van der Waals surface area (Å²) < 4.78 is 16.9. The van der Waals surface area contributed by atoms with Crippen molar-refractivity contribution in [2.75, 3.05) is 41.0 Å². The number of carbonyl (C=O) groups is 3. The summed E-state index contributed by atoms with van der Waals surface area (Å²) in [4.78, 5) is 36.5. The summed E-state index contributed by atoms with van der Waals surface area (Å²) in [7, 11) is 5.35. The third-order valence-electron chi connectivity index (χ3n) is 7.83. The van der Waals surface area contributed by atoms with Crippen molar-refractivity contribution < 1.29 is 38.2 Å². The van der Waals surface area contributed by atoms with Gasteiger partial charge in [-0.1, -0.05) is 99.6 Å². The van der Waals surface area contributed by atoms with Gasteiger partial charge < -0.3 is 28.6 Å². The number of carboxylic acid groups (broad SMARTS) is 1. The Labute approximate surface area is 304 Å². The Morgan fingerprint density at radius 3 is 1.64 bits per heavy atom. The summed E-state index contributed by atoms with van der Waals surface area (Å²) in [6, 6.07) is -0.741. The number of nitrogens with zero attached hydrogens (tertiary/aromatic N) is 1. The predicted molar refractivity (Wildman–Crippen MR) is 203 cm³/mol. The molecule has 284 valence electrons. The molecule has 0 saturated heterocycles. The van der Waals surface area contributed by atoms with Crippen LogP contribution < -0.4 is 5.11 Å². The summed E-state index contributed by atoms with van der Waals surface area (Å²) in [5.74, 6) is -1.87. The second-order valence-electron chi connectivity index (χ2n) is 13.4. The molecule has 0 aromatic rings. The number of rotatable bonds is 32. The molecule has 0 aliphatic rings. The van der Waals surface area contributed by atoms with Crippen molar-refractivity contribution >= 4 is 17.9 Å². The molecule has 0 amide bonds. The van der Waals surface area contributed by atoms with Crippen molar-refractivity contribution in [3.05, 3.63) is 72.9 Å². The highest BCUT2D eigenvalue weighted by atomic mass is 16.6. The molecule has 50 heavy (non-hydrogen) atoms. The number of ether oxygens (including phenoxy) is 3. The van der Waals surface area contributed by atoms with Crippen LogP contribution in [0.25, 0.3) is 0 Å². The largest absolute Gasteiger partial charge is 0.544 e. The van der Waals surface area contributed by atoms with Gasteiger partial charge in [0.05, 0.1) is 40.3 Å². The molecule has 0 saturated carbocycles. The first-order chi connectivity index (χ1) is 24.1. The number of carboxylic acids is 1. The molecule has 0 N–H and O–H groups in total. The van der Waals surface area contributed by atoms with Crippen LogP contribution in [-0.2, 0) is 28.6 Å². The van der Waals surface area contributed by atoms with Gasteiger partial charge in [-0.05, 0) is 77.0 Å². The molecule has 0 aliphatic heterocycles. The molecule has 0 rings (SSSR count). The van der Waals surface area contributed by atoms with Crippen LogP contribution in [0.4, 0.5) is 0 Å². The zero-order chi connectivity index (χ0) is 37.1. The number of carbonyl (C=O) groups excluding carboxylic acids is 3. The first-order valence-corrected chi connectivity index (χ1v) is 19.0. The van der Waals surface area contributed by atoms with Crippen molar-refractivity contribution in [3.63, 3.8) is 0 Å². The van der Waals surface area contributed by atoms with Crippen LogP contribution in [0.1, 0.15) is 123 Å². The lowest BCUT2D eigenvalue weighted by Gasteiger charge is -2.34. The van der Waals surface area contributed by atoms with E-state index in [2.05, 4.69) is 86.8 Å². The molecule has 8 heteroatoms. The number of esters is 2. The van der Waals surface area contributed by atoms with Gasteiger partial charge in [0.15, 0.2) is 6.10 Å². The van der Waals surface area contributed by atoms with E-state index in [-0.39, 0.29) is 55.5 Å². The summed E-state index contributed by atoms with van der Waals surface area (Å²) in [6.45, 7) is 4.37. The van der Waals surface area contributed by atoms with Gasteiger partial charge in [0, 0.05) is 19.3 Å². The predicted octanol–water partition coefficient (Wildman–Crippen LogP) is 8.29. The van der Waals surface area contributed by atoms with Crippen LogP contribution >= 0.6 is 0 Å². The zero-order valence-corrected chi connectivity index (χ0v) is 32.0. The first-order valence-electron chi connectivity index (χ1n) is 19.0. The Morgan fingerprint density at radius 1 is 0.620 bits per heavy atom. The zero-order valence-electron chi connectivity index (χ0n) is 32.0. The molecule has 0 fully saturated rings. The van der Waals surface area contributed by atoms with Crippen LogP contribution in [0, 0.1) is 0 Å². The van der Waals surface area contributed by atoms with Crippen LogP contribution in [-0.4, -0.2) is 75.5 Å². The number of unbranched alkanes of at least 4 members (excludes halogenated alkanes) is 6. The molecule has 2 unspecified atom stereocenters. The molecule has 0 aliphatic carbocycles. The monoisotopic (exact) mass is 700 g/mol. The maximum absolute atomic E-state index is 12.6. The smallest absolute Gasteiger partial charge is 0.306 e. The van der Waals surface area contributed by atoms with Gasteiger partial charge in [0.2, 0.25) is 0 Å². The number of hydrogen-bond acceptors (Lipinski definition) is 7. The van der Waals surface area contributed by atoms with Crippen LogP contribution in [0.3, 0.4) is 0 Å². The quantitative estimate of drug-likeness (QED) is 0.0301. The van der Waals surface area contributed by atoms with E-state index in [1.54, 1.807) is 21.1 Å². The van der Waals surface area contributed by atoms with E-state index in [0.717, 1.165) is 51.4 Å². The average molecular weight is 700 g/mol. The topological polar surface area (TPSA) is 102 Å². The van der Waals surface area contributed by atoms with E-state index in [0.29, 0.717) is 12.8 Å². The van der Waals surface area contributed by atoms with E-state index in [9.17, 15) is 19.5 Å². The fourth-order valence-corrected chi connectivity index (χ4v) is 4.86. The van der Waals surface area contributed by atoms with Gasteiger partial charge in [-0.2, -0.15) is 0 Å². The maximum atomic E-state index is 12.6. The second-order valence-corrected chi connectivity index (χ2v) is 13.4. The van der Waals surface area contributed by atoms with E-state index in [1.807, 2.05) is 0 Å². The molecule has 0 heterocycles. The van der Waals surface area contributed by atoms with E-state index in [4.69, 9.17) is 14.2 Å². The van der Waals surface area contributed by atoms with Crippen LogP contribution in [0.15, 0.2) is 72.9 Å². The Morgan fingerprint density at radius 2 is 1.12 bits per heavy atom. The number of quaternary nitrogens is 1. The van der Waals surface area contributed by atoms with E-state index < -0.39 is 18.1 Å². The fourth-order valence-electron chi connectivity index (χ4n) is 4.86. The molecule has 2 atom stereocenters. The third kappa shape index (κ3) is 30.8. The van der Waals surface area contributed by atoms with Gasteiger partial charge in [-0.3, -0.25) is 9.59 Å². The molecular formula is C42H69NO7. The number of likely N-dealkylation sites (N-methyl/N-ethyl adjacent to an activating group) is 1.